The third-order valence-corrected chi connectivity index (χ3v) is 3.84. The number of ether oxygens (including phenoxy) is 1. The highest BCUT2D eigenvalue weighted by Gasteiger charge is 2.09. The van der Waals surface area contributed by atoms with E-state index < -0.39 is 0 Å². The molecule has 0 saturated heterocycles. The Bertz CT molecular complexity index is 584. The molecule has 0 heterocycles. The lowest BCUT2D eigenvalue weighted by molar-refractivity contribution is 0.340. The molecule has 2 rings (SSSR count). The van der Waals surface area contributed by atoms with Crippen LogP contribution in [0.5, 0.6) is 5.75 Å². The molecule has 1 atom stereocenters. The highest BCUT2D eigenvalue weighted by Crippen LogP contribution is 2.26. The van der Waals surface area contributed by atoms with Gasteiger partial charge in [-0.2, -0.15) is 0 Å². The van der Waals surface area contributed by atoms with Crippen molar-refractivity contribution in [3.63, 3.8) is 0 Å². The first-order chi connectivity index (χ1) is 10.1. The molecule has 0 bridgehead atoms. The van der Waals surface area contributed by atoms with Gasteiger partial charge in [0.1, 0.15) is 5.75 Å². The smallest absolute Gasteiger partial charge is 0.119 e. The van der Waals surface area contributed by atoms with Crippen molar-refractivity contribution in [1.29, 1.82) is 0 Å². The molecular formula is C17H19Cl2NO. The second-order valence-electron chi connectivity index (χ2n) is 4.85. The van der Waals surface area contributed by atoms with E-state index in [0.717, 1.165) is 17.9 Å². The van der Waals surface area contributed by atoms with E-state index in [0.29, 0.717) is 16.7 Å². The van der Waals surface area contributed by atoms with Gasteiger partial charge in [-0.25, -0.2) is 0 Å². The quantitative estimate of drug-likeness (QED) is 0.784. The number of rotatable bonds is 6. The number of hydrogen-bond donors (Lipinski definition) is 1. The topological polar surface area (TPSA) is 21.3 Å². The summed E-state index contributed by atoms with van der Waals surface area (Å²) in [4.78, 5) is 0. The molecule has 1 unspecified atom stereocenters. The molecule has 0 aliphatic rings. The van der Waals surface area contributed by atoms with Crippen LogP contribution < -0.4 is 10.1 Å². The fourth-order valence-electron chi connectivity index (χ4n) is 2.10. The van der Waals surface area contributed by atoms with Crippen molar-refractivity contribution in [3.05, 3.63) is 63.6 Å². The van der Waals surface area contributed by atoms with Crippen LogP contribution >= 0.6 is 23.2 Å². The van der Waals surface area contributed by atoms with Crippen LogP contribution in [0.4, 0.5) is 0 Å². The lowest BCUT2D eigenvalue weighted by Crippen LogP contribution is -2.18. The van der Waals surface area contributed by atoms with Crippen LogP contribution in [0, 0.1) is 0 Å². The number of nitrogens with one attached hydrogen (secondary N) is 1. The van der Waals surface area contributed by atoms with Crippen molar-refractivity contribution in [2.24, 2.45) is 0 Å². The van der Waals surface area contributed by atoms with Gasteiger partial charge in [-0.3, -0.25) is 0 Å². The molecule has 2 aromatic rings. The molecule has 1 N–H and O–H groups in total. The fourth-order valence-corrected chi connectivity index (χ4v) is 2.68. The van der Waals surface area contributed by atoms with Crippen molar-refractivity contribution in [2.75, 3.05) is 6.61 Å². The Morgan fingerprint density at radius 1 is 1.10 bits per heavy atom. The van der Waals surface area contributed by atoms with Crippen LogP contribution in [0.1, 0.15) is 31.0 Å². The zero-order valence-corrected chi connectivity index (χ0v) is 13.7. The third-order valence-electron chi connectivity index (χ3n) is 3.28. The summed E-state index contributed by atoms with van der Waals surface area (Å²) in [7, 11) is 0. The minimum Gasteiger partial charge on any atom is -0.494 e. The Morgan fingerprint density at radius 2 is 1.81 bits per heavy atom. The van der Waals surface area contributed by atoms with E-state index in [1.54, 1.807) is 6.07 Å². The van der Waals surface area contributed by atoms with Crippen molar-refractivity contribution in [1.82, 2.24) is 5.32 Å². The van der Waals surface area contributed by atoms with Gasteiger partial charge in [0.2, 0.25) is 0 Å². The molecular weight excluding hydrogens is 305 g/mol. The number of halogens is 2. The summed E-state index contributed by atoms with van der Waals surface area (Å²) < 4.78 is 5.43. The maximum Gasteiger partial charge on any atom is 0.119 e. The Morgan fingerprint density at radius 3 is 2.43 bits per heavy atom. The molecule has 0 radical (unpaired) electrons. The molecule has 2 nitrogen and oxygen atoms in total. The van der Waals surface area contributed by atoms with Crippen molar-refractivity contribution in [3.8, 4) is 5.75 Å². The maximum absolute atomic E-state index is 6.22. The summed E-state index contributed by atoms with van der Waals surface area (Å²) in [6.45, 7) is 5.52. The van der Waals surface area contributed by atoms with Gasteiger partial charge >= 0.3 is 0 Å². The molecule has 0 saturated carbocycles. The standard InChI is InChI=1S/C17H19Cl2NO/c1-3-21-15-7-4-13(5-8-15)11-20-12(2)16-9-6-14(18)10-17(16)19/h4-10,12,20H,3,11H2,1-2H3. The Labute approximate surface area is 136 Å². The first kappa shape index (κ1) is 16.2. The van der Waals surface area contributed by atoms with Crippen molar-refractivity contribution >= 4 is 23.2 Å². The van der Waals surface area contributed by atoms with Crippen molar-refractivity contribution < 1.29 is 4.74 Å². The van der Waals surface area contributed by atoms with Crippen LogP contribution in [-0.2, 0) is 6.54 Å². The molecule has 0 aromatic heterocycles. The summed E-state index contributed by atoms with van der Waals surface area (Å²) in [5.41, 5.74) is 2.25. The van der Waals surface area contributed by atoms with E-state index in [-0.39, 0.29) is 6.04 Å². The molecule has 0 fully saturated rings. The van der Waals surface area contributed by atoms with Crippen LogP contribution in [-0.4, -0.2) is 6.61 Å². The average molecular weight is 324 g/mol. The Hall–Kier alpha value is -1.22. The van der Waals surface area contributed by atoms with E-state index in [9.17, 15) is 0 Å². The average Bonchev–Trinajstić information content (AvgIpc) is 2.46. The number of benzene rings is 2. The maximum atomic E-state index is 6.22. The van der Waals surface area contributed by atoms with Crippen LogP contribution in [0.2, 0.25) is 10.0 Å². The predicted molar refractivity (Wildman–Crippen MR) is 89.3 cm³/mol. The van der Waals surface area contributed by atoms with Gasteiger partial charge in [0.05, 0.1) is 6.61 Å². The zero-order valence-electron chi connectivity index (χ0n) is 12.2. The molecule has 112 valence electrons. The van der Waals surface area contributed by atoms with E-state index in [2.05, 4.69) is 24.4 Å². The van der Waals surface area contributed by atoms with E-state index in [4.69, 9.17) is 27.9 Å². The SMILES string of the molecule is CCOc1ccc(CNC(C)c2ccc(Cl)cc2Cl)cc1. The molecule has 2 aromatic carbocycles. The van der Waals surface area contributed by atoms with Gasteiger partial charge in [0.25, 0.3) is 0 Å². The largest absolute Gasteiger partial charge is 0.494 e. The highest BCUT2D eigenvalue weighted by molar-refractivity contribution is 6.35. The molecule has 0 amide bonds. The monoisotopic (exact) mass is 323 g/mol. The summed E-state index contributed by atoms with van der Waals surface area (Å²) in [6, 6.07) is 13.8. The number of hydrogen-bond acceptors (Lipinski definition) is 2. The summed E-state index contributed by atoms with van der Waals surface area (Å²) in [5.74, 6) is 0.898. The fraction of sp³-hybridized carbons (Fsp3) is 0.294. The lowest BCUT2D eigenvalue weighted by Gasteiger charge is -2.16. The highest BCUT2D eigenvalue weighted by atomic mass is 35.5. The summed E-state index contributed by atoms with van der Waals surface area (Å²) in [6.07, 6.45) is 0. The predicted octanol–water partition coefficient (Wildman–Crippen LogP) is 5.24. The normalized spacial score (nSPS) is 12.2. The summed E-state index contributed by atoms with van der Waals surface area (Å²) in [5, 5.41) is 4.80. The van der Waals surface area contributed by atoms with E-state index in [1.807, 2.05) is 31.2 Å². The molecule has 4 heteroatoms. The second kappa shape index (κ2) is 7.69. The third kappa shape index (κ3) is 4.63. The Kier molecular flexibility index (Phi) is 5.92. The second-order valence-corrected chi connectivity index (χ2v) is 5.69. The van der Waals surface area contributed by atoms with E-state index >= 15 is 0 Å². The van der Waals surface area contributed by atoms with Crippen molar-refractivity contribution in [2.45, 2.75) is 26.4 Å². The molecule has 21 heavy (non-hydrogen) atoms. The Balaban J connectivity index is 1.95. The minimum absolute atomic E-state index is 0.154. The van der Waals surface area contributed by atoms with Gasteiger partial charge in [-0.1, -0.05) is 41.4 Å². The first-order valence-electron chi connectivity index (χ1n) is 7.00. The van der Waals surface area contributed by atoms with Gasteiger partial charge in [-0.05, 0) is 49.2 Å². The van der Waals surface area contributed by atoms with Gasteiger partial charge in [-0.15, -0.1) is 0 Å². The molecule has 0 spiro atoms. The first-order valence-corrected chi connectivity index (χ1v) is 7.76. The molecule has 0 aliphatic heterocycles. The van der Waals surface area contributed by atoms with Gasteiger partial charge in [0.15, 0.2) is 0 Å². The van der Waals surface area contributed by atoms with Crippen LogP contribution in [0.3, 0.4) is 0 Å². The van der Waals surface area contributed by atoms with Crippen LogP contribution in [0.15, 0.2) is 42.5 Å². The van der Waals surface area contributed by atoms with Gasteiger partial charge < -0.3 is 10.1 Å². The lowest BCUT2D eigenvalue weighted by atomic mass is 10.1. The molecule has 0 aliphatic carbocycles. The minimum atomic E-state index is 0.154. The zero-order chi connectivity index (χ0) is 15.2. The van der Waals surface area contributed by atoms with E-state index in [1.165, 1.54) is 5.56 Å². The van der Waals surface area contributed by atoms with Crippen LogP contribution in [0.25, 0.3) is 0 Å². The van der Waals surface area contributed by atoms with Gasteiger partial charge in [0, 0.05) is 22.6 Å². The summed E-state index contributed by atoms with van der Waals surface area (Å²) >= 11 is 12.1.